The van der Waals surface area contributed by atoms with E-state index in [-0.39, 0.29) is 24.6 Å². The molecule has 8 heteroatoms. The molecule has 4 aromatic rings. The first-order valence-corrected chi connectivity index (χ1v) is 11.4. The SMILES string of the molecule is COc1ccc2cc(CNc3ccc(OC)c(OC)c3)c(=O)n(CC(=O)Nc3cccc(C)c3)c2c1. The quantitative estimate of drug-likeness (QED) is 0.359. The molecule has 0 aliphatic carbocycles. The number of fused-ring (bicyclic) bond motifs is 1. The molecule has 3 aromatic carbocycles. The van der Waals surface area contributed by atoms with Crippen molar-refractivity contribution in [3.8, 4) is 17.2 Å². The summed E-state index contributed by atoms with van der Waals surface area (Å²) in [6.45, 7) is 2.07. The van der Waals surface area contributed by atoms with Crippen molar-refractivity contribution < 1.29 is 19.0 Å². The zero-order valence-electron chi connectivity index (χ0n) is 20.8. The van der Waals surface area contributed by atoms with E-state index < -0.39 is 0 Å². The third kappa shape index (κ3) is 5.43. The van der Waals surface area contributed by atoms with E-state index in [9.17, 15) is 9.59 Å². The van der Waals surface area contributed by atoms with Crippen LogP contribution < -0.4 is 30.4 Å². The summed E-state index contributed by atoms with van der Waals surface area (Å²) in [6.07, 6.45) is 0. The van der Waals surface area contributed by atoms with Crippen LogP contribution in [0.2, 0.25) is 0 Å². The number of pyridine rings is 1. The highest BCUT2D eigenvalue weighted by molar-refractivity contribution is 5.92. The monoisotopic (exact) mass is 487 g/mol. The van der Waals surface area contributed by atoms with Gasteiger partial charge in [-0.05, 0) is 60.3 Å². The molecule has 0 spiro atoms. The van der Waals surface area contributed by atoms with Crippen LogP contribution in [0.1, 0.15) is 11.1 Å². The lowest BCUT2D eigenvalue weighted by Gasteiger charge is -2.15. The molecule has 0 radical (unpaired) electrons. The molecule has 1 aromatic heterocycles. The maximum absolute atomic E-state index is 13.5. The summed E-state index contributed by atoms with van der Waals surface area (Å²) in [4.78, 5) is 26.4. The molecule has 0 fully saturated rings. The number of amides is 1. The number of benzene rings is 3. The highest BCUT2D eigenvalue weighted by Gasteiger charge is 2.14. The second-order valence-electron chi connectivity index (χ2n) is 8.33. The van der Waals surface area contributed by atoms with Crippen molar-refractivity contribution in [3.63, 3.8) is 0 Å². The second kappa shape index (κ2) is 10.9. The van der Waals surface area contributed by atoms with Crippen LogP contribution in [0.25, 0.3) is 10.9 Å². The molecule has 0 aliphatic heterocycles. The Bertz CT molecular complexity index is 1460. The number of rotatable bonds is 9. The van der Waals surface area contributed by atoms with Crippen LogP contribution in [-0.2, 0) is 17.9 Å². The van der Waals surface area contributed by atoms with E-state index in [1.165, 1.54) is 4.57 Å². The minimum atomic E-state index is -0.295. The van der Waals surface area contributed by atoms with E-state index in [2.05, 4.69) is 10.6 Å². The summed E-state index contributed by atoms with van der Waals surface area (Å²) in [6, 6.07) is 20.3. The van der Waals surface area contributed by atoms with E-state index in [4.69, 9.17) is 14.2 Å². The number of carbonyl (C=O) groups is 1. The predicted molar refractivity (Wildman–Crippen MR) is 141 cm³/mol. The lowest BCUT2D eigenvalue weighted by Crippen LogP contribution is -2.30. The largest absolute Gasteiger partial charge is 0.497 e. The Morgan fingerprint density at radius 1 is 0.861 bits per heavy atom. The third-order valence-corrected chi connectivity index (χ3v) is 5.85. The summed E-state index contributed by atoms with van der Waals surface area (Å²) < 4.78 is 17.5. The van der Waals surface area contributed by atoms with E-state index >= 15 is 0 Å². The molecule has 0 saturated carbocycles. The fraction of sp³-hybridized carbons (Fsp3) is 0.214. The van der Waals surface area contributed by atoms with E-state index in [1.54, 1.807) is 39.5 Å². The Morgan fingerprint density at radius 3 is 2.39 bits per heavy atom. The van der Waals surface area contributed by atoms with Crippen LogP contribution in [0, 0.1) is 6.92 Å². The average molecular weight is 488 g/mol. The first-order valence-electron chi connectivity index (χ1n) is 11.4. The maximum Gasteiger partial charge on any atom is 0.256 e. The van der Waals surface area contributed by atoms with Crippen molar-refractivity contribution in [2.24, 2.45) is 0 Å². The number of hydrogen-bond donors (Lipinski definition) is 2. The third-order valence-electron chi connectivity index (χ3n) is 5.85. The zero-order valence-corrected chi connectivity index (χ0v) is 20.8. The number of hydrogen-bond acceptors (Lipinski definition) is 6. The highest BCUT2D eigenvalue weighted by Crippen LogP contribution is 2.30. The topological polar surface area (TPSA) is 90.8 Å². The zero-order chi connectivity index (χ0) is 25.7. The molecule has 1 heterocycles. The standard InChI is InChI=1S/C28H29N3O5/c1-18-6-5-7-22(12-18)30-27(32)17-31-24-15-23(34-2)10-8-19(24)13-20(28(31)33)16-29-21-9-11-25(35-3)26(14-21)36-4/h5-15,29H,16-17H2,1-4H3,(H,30,32). The van der Waals surface area contributed by atoms with Gasteiger partial charge in [0, 0.05) is 35.6 Å². The van der Waals surface area contributed by atoms with Crippen molar-refractivity contribution in [2.75, 3.05) is 32.0 Å². The Balaban J connectivity index is 1.66. The molecule has 0 atom stereocenters. The first kappa shape index (κ1) is 24.7. The van der Waals surface area contributed by atoms with Gasteiger partial charge in [0.25, 0.3) is 5.56 Å². The van der Waals surface area contributed by atoms with E-state index in [0.717, 1.165) is 16.6 Å². The molecule has 1 amide bonds. The van der Waals surface area contributed by atoms with Gasteiger partial charge in [-0.25, -0.2) is 0 Å². The van der Waals surface area contributed by atoms with Crippen LogP contribution in [0.15, 0.2) is 71.5 Å². The minimum absolute atomic E-state index is 0.138. The summed E-state index contributed by atoms with van der Waals surface area (Å²) in [7, 11) is 4.71. The molecule has 0 bridgehead atoms. The fourth-order valence-corrected chi connectivity index (χ4v) is 4.03. The van der Waals surface area contributed by atoms with Crippen molar-refractivity contribution in [3.05, 3.63) is 88.2 Å². The van der Waals surface area contributed by atoms with Crippen molar-refractivity contribution in [1.29, 1.82) is 0 Å². The number of ether oxygens (including phenoxy) is 3. The van der Waals surface area contributed by atoms with Gasteiger partial charge in [0.1, 0.15) is 12.3 Å². The molecule has 8 nitrogen and oxygen atoms in total. The second-order valence-corrected chi connectivity index (χ2v) is 8.33. The van der Waals surface area contributed by atoms with Crippen LogP contribution in [0.4, 0.5) is 11.4 Å². The number of anilines is 2. The normalized spacial score (nSPS) is 10.7. The number of carbonyl (C=O) groups excluding carboxylic acids is 1. The lowest BCUT2D eigenvalue weighted by atomic mass is 10.1. The Hall–Kier alpha value is -4.46. The average Bonchev–Trinajstić information content (AvgIpc) is 2.88. The predicted octanol–water partition coefficient (Wildman–Crippen LogP) is 4.59. The minimum Gasteiger partial charge on any atom is -0.497 e. The van der Waals surface area contributed by atoms with Crippen LogP contribution in [0.3, 0.4) is 0 Å². The van der Waals surface area contributed by atoms with Crippen LogP contribution in [-0.4, -0.2) is 31.8 Å². The van der Waals surface area contributed by atoms with Crippen molar-refractivity contribution >= 4 is 28.2 Å². The number of methoxy groups -OCH3 is 3. The van der Waals surface area contributed by atoms with Gasteiger partial charge in [-0.3, -0.25) is 14.2 Å². The number of nitrogens with one attached hydrogen (secondary N) is 2. The van der Waals surface area contributed by atoms with E-state index in [0.29, 0.717) is 34.0 Å². The van der Waals surface area contributed by atoms with Gasteiger partial charge in [0.05, 0.1) is 26.8 Å². The Labute approximate surface area is 209 Å². The molecular formula is C28H29N3O5. The summed E-state index contributed by atoms with van der Waals surface area (Å²) in [5.74, 6) is 1.51. The van der Waals surface area contributed by atoms with Gasteiger partial charge >= 0.3 is 0 Å². The van der Waals surface area contributed by atoms with Crippen molar-refractivity contribution in [1.82, 2.24) is 4.57 Å². The van der Waals surface area contributed by atoms with Gasteiger partial charge < -0.3 is 24.8 Å². The highest BCUT2D eigenvalue weighted by atomic mass is 16.5. The molecule has 0 aliphatic rings. The molecule has 4 rings (SSSR count). The smallest absolute Gasteiger partial charge is 0.256 e. The van der Waals surface area contributed by atoms with Gasteiger partial charge in [-0.15, -0.1) is 0 Å². The maximum atomic E-state index is 13.5. The van der Waals surface area contributed by atoms with Gasteiger partial charge in [-0.2, -0.15) is 0 Å². The molecule has 0 unspecified atom stereocenters. The molecule has 2 N–H and O–H groups in total. The number of nitrogens with zero attached hydrogens (tertiary/aromatic N) is 1. The van der Waals surface area contributed by atoms with Crippen molar-refractivity contribution in [2.45, 2.75) is 20.0 Å². The number of aromatic nitrogens is 1. The Kier molecular flexibility index (Phi) is 7.44. The Morgan fingerprint density at radius 2 is 1.67 bits per heavy atom. The number of aryl methyl sites for hydroxylation is 1. The summed E-state index contributed by atoms with van der Waals surface area (Å²) in [5.41, 5.74) is 3.36. The molecule has 36 heavy (non-hydrogen) atoms. The van der Waals surface area contributed by atoms with Gasteiger partial charge in [-0.1, -0.05) is 12.1 Å². The van der Waals surface area contributed by atoms with E-state index in [1.807, 2.05) is 55.5 Å². The van der Waals surface area contributed by atoms with Crippen LogP contribution in [0.5, 0.6) is 17.2 Å². The summed E-state index contributed by atoms with van der Waals surface area (Å²) in [5, 5.41) is 6.97. The lowest BCUT2D eigenvalue weighted by molar-refractivity contribution is -0.116. The summed E-state index contributed by atoms with van der Waals surface area (Å²) >= 11 is 0. The molecule has 0 saturated heterocycles. The molecule has 186 valence electrons. The molecular weight excluding hydrogens is 458 g/mol. The van der Waals surface area contributed by atoms with Crippen LogP contribution >= 0.6 is 0 Å². The first-order chi connectivity index (χ1) is 17.4. The van der Waals surface area contributed by atoms with Gasteiger partial charge in [0.15, 0.2) is 11.5 Å². The van der Waals surface area contributed by atoms with Gasteiger partial charge in [0.2, 0.25) is 5.91 Å². The fourth-order valence-electron chi connectivity index (χ4n) is 4.03.